The fourth-order valence-electron chi connectivity index (χ4n) is 1.71. The van der Waals surface area contributed by atoms with E-state index < -0.39 is 11.8 Å². The van der Waals surface area contributed by atoms with Crippen LogP contribution in [0.4, 0.5) is 4.79 Å². The number of aromatic nitrogens is 1. The highest BCUT2D eigenvalue weighted by Crippen LogP contribution is 2.16. The van der Waals surface area contributed by atoms with Gasteiger partial charge in [-0.2, -0.15) is 4.57 Å². The summed E-state index contributed by atoms with van der Waals surface area (Å²) in [6, 6.07) is 8.63. The summed E-state index contributed by atoms with van der Waals surface area (Å²) >= 11 is 0. The Morgan fingerprint density at radius 1 is 1.35 bits per heavy atom. The third-order valence-electron chi connectivity index (χ3n) is 2.72. The van der Waals surface area contributed by atoms with Crippen molar-refractivity contribution in [1.29, 1.82) is 0 Å². The Kier molecular flexibility index (Phi) is 4.73. The molecule has 0 unspecified atom stereocenters. The molecule has 0 aliphatic heterocycles. The second kappa shape index (κ2) is 6.72. The zero-order valence-electron chi connectivity index (χ0n) is 11.2. The second-order valence-electron chi connectivity index (χ2n) is 4.18. The third-order valence-corrected chi connectivity index (χ3v) is 2.72. The van der Waals surface area contributed by atoms with Gasteiger partial charge in [-0.25, -0.2) is 9.59 Å². The van der Waals surface area contributed by atoms with E-state index in [9.17, 15) is 9.59 Å². The largest absolute Gasteiger partial charge is 0.427 e. The van der Waals surface area contributed by atoms with Crippen molar-refractivity contribution >= 4 is 6.03 Å². The summed E-state index contributed by atoms with van der Waals surface area (Å²) in [7, 11) is 1.59. The summed E-state index contributed by atoms with van der Waals surface area (Å²) in [6.45, 7) is 0.987. The lowest BCUT2D eigenvalue weighted by Crippen LogP contribution is -2.34. The Balaban J connectivity index is 2.08. The summed E-state index contributed by atoms with van der Waals surface area (Å²) < 4.78 is 10.9. The van der Waals surface area contributed by atoms with Crippen molar-refractivity contribution in [2.45, 2.75) is 6.42 Å². The smallest absolute Gasteiger partial charge is 0.407 e. The van der Waals surface area contributed by atoms with Crippen LogP contribution >= 0.6 is 0 Å². The topological polar surface area (TPSA) is 73.5 Å². The maximum atomic E-state index is 11.8. The van der Waals surface area contributed by atoms with E-state index in [0.29, 0.717) is 25.3 Å². The minimum Gasteiger partial charge on any atom is -0.407 e. The molecule has 0 saturated carbocycles. The quantitative estimate of drug-likeness (QED) is 0.844. The number of amides is 1. The van der Waals surface area contributed by atoms with E-state index in [0.717, 1.165) is 10.1 Å². The minimum absolute atomic E-state index is 0.364. The van der Waals surface area contributed by atoms with Crippen molar-refractivity contribution in [3.8, 4) is 11.3 Å². The van der Waals surface area contributed by atoms with Crippen LogP contribution in [0.3, 0.4) is 0 Å². The van der Waals surface area contributed by atoms with E-state index >= 15 is 0 Å². The summed E-state index contributed by atoms with van der Waals surface area (Å²) in [6.07, 6.45) is 2.07. The van der Waals surface area contributed by atoms with Crippen LogP contribution in [0, 0.1) is 0 Å². The molecule has 1 amide bonds. The highest BCUT2D eigenvalue weighted by molar-refractivity contribution is 5.77. The Morgan fingerprint density at radius 2 is 2.10 bits per heavy atom. The molecular formula is C14H16N2O4. The number of ether oxygens (including phenoxy) is 1. The van der Waals surface area contributed by atoms with Gasteiger partial charge < -0.3 is 14.5 Å². The summed E-state index contributed by atoms with van der Waals surface area (Å²) in [4.78, 5) is 23.5. The molecule has 1 N–H and O–H groups in total. The molecule has 2 aromatic rings. The van der Waals surface area contributed by atoms with Crippen LogP contribution in [0.15, 0.2) is 45.7 Å². The fraction of sp³-hybridized carbons (Fsp3) is 0.286. The van der Waals surface area contributed by atoms with Gasteiger partial charge in [-0.15, -0.1) is 0 Å². The van der Waals surface area contributed by atoms with Gasteiger partial charge in [0.25, 0.3) is 0 Å². The van der Waals surface area contributed by atoms with Crippen LogP contribution in [-0.2, 0) is 4.74 Å². The van der Waals surface area contributed by atoms with Crippen molar-refractivity contribution in [2.75, 3.05) is 20.3 Å². The highest BCUT2D eigenvalue weighted by Gasteiger charge is 2.13. The summed E-state index contributed by atoms with van der Waals surface area (Å²) in [5, 5.41) is 2.62. The van der Waals surface area contributed by atoms with Crippen molar-refractivity contribution < 1.29 is 13.9 Å². The van der Waals surface area contributed by atoms with E-state index in [-0.39, 0.29) is 0 Å². The lowest BCUT2D eigenvalue weighted by molar-refractivity contribution is 0.193. The van der Waals surface area contributed by atoms with Crippen molar-refractivity contribution in [1.82, 2.24) is 9.88 Å². The SMILES string of the molecule is COCCCNC(=O)n1cc(-c2ccccc2)oc1=O. The van der Waals surface area contributed by atoms with Crippen LogP contribution in [0.25, 0.3) is 11.3 Å². The van der Waals surface area contributed by atoms with Crippen molar-refractivity contribution in [2.24, 2.45) is 0 Å². The zero-order chi connectivity index (χ0) is 14.4. The van der Waals surface area contributed by atoms with Gasteiger partial charge in [0.1, 0.15) is 0 Å². The van der Waals surface area contributed by atoms with Gasteiger partial charge in [0, 0.05) is 25.8 Å². The molecule has 0 bridgehead atoms. The number of carbonyl (C=O) groups is 1. The van der Waals surface area contributed by atoms with Crippen LogP contribution in [0.2, 0.25) is 0 Å². The van der Waals surface area contributed by atoms with Crippen LogP contribution in [0.1, 0.15) is 6.42 Å². The van der Waals surface area contributed by atoms with Gasteiger partial charge in [0.05, 0.1) is 6.20 Å². The summed E-state index contributed by atoms with van der Waals surface area (Å²) in [5.41, 5.74) is 0.746. The van der Waals surface area contributed by atoms with Gasteiger partial charge >= 0.3 is 11.8 Å². The molecule has 0 radical (unpaired) electrons. The highest BCUT2D eigenvalue weighted by atomic mass is 16.5. The molecule has 2 rings (SSSR count). The van der Waals surface area contributed by atoms with Gasteiger partial charge in [-0.1, -0.05) is 30.3 Å². The van der Waals surface area contributed by atoms with Crippen LogP contribution in [0.5, 0.6) is 0 Å². The number of carbonyl (C=O) groups excluding carboxylic acids is 1. The number of methoxy groups -OCH3 is 1. The normalized spacial score (nSPS) is 10.4. The molecule has 1 heterocycles. The predicted molar refractivity (Wildman–Crippen MR) is 73.7 cm³/mol. The lowest BCUT2D eigenvalue weighted by Gasteiger charge is -2.03. The number of nitrogens with one attached hydrogen (secondary N) is 1. The molecule has 1 aromatic heterocycles. The van der Waals surface area contributed by atoms with Gasteiger partial charge in [0.15, 0.2) is 5.76 Å². The van der Waals surface area contributed by atoms with E-state index in [1.54, 1.807) is 19.2 Å². The Labute approximate surface area is 116 Å². The molecule has 0 fully saturated rings. The first-order valence-electron chi connectivity index (χ1n) is 6.27. The number of oxazole rings is 1. The monoisotopic (exact) mass is 276 g/mol. The van der Waals surface area contributed by atoms with E-state index in [4.69, 9.17) is 9.15 Å². The molecule has 6 nitrogen and oxygen atoms in total. The van der Waals surface area contributed by atoms with Crippen molar-refractivity contribution in [3.63, 3.8) is 0 Å². The third kappa shape index (κ3) is 3.36. The van der Waals surface area contributed by atoms with Gasteiger partial charge in [-0.05, 0) is 6.42 Å². The second-order valence-corrected chi connectivity index (χ2v) is 4.18. The molecule has 1 aromatic carbocycles. The predicted octanol–water partition coefficient (Wildman–Crippen LogP) is 1.70. The van der Waals surface area contributed by atoms with E-state index in [2.05, 4.69) is 5.32 Å². The average Bonchev–Trinajstić information content (AvgIpc) is 2.86. The molecule has 0 atom stereocenters. The Morgan fingerprint density at radius 3 is 2.80 bits per heavy atom. The fourth-order valence-corrected chi connectivity index (χ4v) is 1.71. The first-order valence-corrected chi connectivity index (χ1v) is 6.27. The van der Waals surface area contributed by atoms with Crippen LogP contribution < -0.4 is 11.1 Å². The lowest BCUT2D eigenvalue weighted by atomic mass is 10.2. The number of rotatable bonds is 5. The van der Waals surface area contributed by atoms with Crippen molar-refractivity contribution in [3.05, 3.63) is 47.1 Å². The first kappa shape index (κ1) is 14.1. The van der Waals surface area contributed by atoms with Gasteiger partial charge in [-0.3, -0.25) is 0 Å². The molecule has 0 aliphatic rings. The number of hydrogen-bond acceptors (Lipinski definition) is 4. The minimum atomic E-state index is -0.701. The Bertz CT molecular complexity index is 616. The molecule has 20 heavy (non-hydrogen) atoms. The number of nitrogens with zero attached hydrogens (tertiary/aromatic N) is 1. The molecule has 0 saturated heterocycles. The van der Waals surface area contributed by atoms with E-state index in [1.807, 2.05) is 18.2 Å². The Hall–Kier alpha value is -2.34. The molecule has 0 spiro atoms. The molecule has 0 aliphatic carbocycles. The first-order chi connectivity index (χ1) is 9.72. The zero-order valence-corrected chi connectivity index (χ0v) is 11.2. The molecule has 106 valence electrons. The van der Waals surface area contributed by atoms with Gasteiger partial charge in [0.2, 0.25) is 0 Å². The number of hydrogen-bond donors (Lipinski definition) is 1. The van der Waals surface area contributed by atoms with E-state index in [1.165, 1.54) is 6.20 Å². The maximum absolute atomic E-state index is 11.8. The summed E-state index contributed by atoms with van der Waals surface area (Å²) in [5.74, 6) is -0.337. The average molecular weight is 276 g/mol. The molecular weight excluding hydrogens is 260 g/mol. The van der Waals surface area contributed by atoms with Crippen LogP contribution in [-0.4, -0.2) is 30.9 Å². The standard InChI is InChI=1S/C14H16N2O4/c1-19-9-5-8-15-13(17)16-10-12(20-14(16)18)11-6-3-2-4-7-11/h2-4,6-7,10H,5,8-9H2,1H3,(H,15,17). The number of benzene rings is 1. The maximum Gasteiger partial charge on any atom is 0.427 e. The molecule has 6 heteroatoms.